The van der Waals surface area contributed by atoms with E-state index in [9.17, 15) is 28.8 Å². The maximum atomic E-state index is 13.0. The van der Waals surface area contributed by atoms with Gasteiger partial charge in [0.15, 0.2) is 0 Å². The molecule has 4 amide bonds. The lowest BCUT2D eigenvalue weighted by Gasteiger charge is -2.33. The predicted octanol–water partition coefficient (Wildman–Crippen LogP) is 4.76. The third-order valence-electron chi connectivity index (χ3n) is 9.21. The Morgan fingerprint density at radius 3 is 1.26 bits per heavy atom. The molecule has 2 fully saturated rings. The fourth-order valence-electron chi connectivity index (χ4n) is 6.00. The lowest BCUT2D eigenvalue weighted by atomic mass is 10.0. The fraction of sp³-hybridized carbons (Fsp3) is 0.421. The summed E-state index contributed by atoms with van der Waals surface area (Å²) in [5, 5.41) is 0.769. The molecule has 15 heteroatoms. The number of halogens is 2. The van der Waals surface area contributed by atoms with E-state index in [1.54, 1.807) is 31.8 Å². The van der Waals surface area contributed by atoms with E-state index in [0.29, 0.717) is 94.4 Å². The normalized spacial score (nSPS) is 14.9. The average Bonchev–Trinajstić information content (AvgIpc) is 3.16. The van der Waals surface area contributed by atoms with Crippen molar-refractivity contribution in [3.63, 3.8) is 0 Å². The van der Waals surface area contributed by atoms with Crippen LogP contribution in [0.4, 0.5) is 0 Å². The van der Waals surface area contributed by atoms with Crippen LogP contribution in [0.5, 0.6) is 0 Å². The summed E-state index contributed by atoms with van der Waals surface area (Å²) in [6.07, 6.45) is 6.93. The Morgan fingerprint density at radius 1 is 0.604 bits per heavy atom. The molecule has 0 bridgehead atoms. The van der Waals surface area contributed by atoms with Gasteiger partial charge in [0.1, 0.15) is 0 Å². The molecule has 0 N–H and O–H groups in total. The topological polar surface area (TPSA) is 134 Å². The molecule has 0 radical (unpaired) electrons. The average molecular weight is 788 g/mol. The quantitative estimate of drug-likeness (QED) is 0.221. The van der Waals surface area contributed by atoms with E-state index in [0.717, 1.165) is 0 Å². The highest BCUT2D eigenvalue weighted by Gasteiger charge is 2.23. The van der Waals surface area contributed by atoms with Crippen LogP contribution in [0.2, 0.25) is 10.0 Å². The van der Waals surface area contributed by atoms with Crippen molar-refractivity contribution in [3.8, 4) is 0 Å². The molecule has 0 aromatic heterocycles. The van der Waals surface area contributed by atoms with Gasteiger partial charge in [-0.2, -0.15) is 0 Å². The molecule has 0 spiro atoms. The Morgan fingerprint density at radius 2 is 0.943 bits per heavy atom. The van der Waals surface area contributed by atoms with Gasteiger partial charge in [0.2, 0.25) is 23.6 Å². The van der Waals surface area contributed by atoms with Crippen LogP contribution in [0.1, 0.15) is 48.9 Å². The molecule has 0 aliphatic carbocycles. The summed E-state index contributed by atoms with van der Waals surface area (Å²) in [5.41, 5.74) is 2.63. The highest BCUT2D eigenvalue weighted by Crippen LogP contribution is 2.42. The molecular formula is C38H44Cl2N4O8S. The molecule has 2 saturated heterocycles. The molecule has 2 aliphatic rings. The summed E-state index contributed by atoms with van der Waals surface area (Å²) in [5.74, 6) is -1.25. The van der Waals surface area contributed by atoms with Crippen LogP contribution in [0, 0.1) is 0 Å². The summed E-state index contributed by atoms with van der Waals surface area (Å²) < 4.78 is 9.73. The van der Waals surface area contributed by atoms with Crippen molar-refractivity contribution in [1.29, 1.82) is 0 Å². The van der Waals surface area contributed by atoms with Crippen molar-refractivity contribution in [2.45, 2.75) is 49.3 Å². The number of carbonyl (C=O) groups is 6. The van der Waals surface area contributed by atoms with E-state index < -0.39 is 11.9 Å². The van der Waals surface area contributed by atoms with E-state index in [2.05, 4.69) is 0 Å². The number of piperazine rings is 2. The first-order chi connectivity index (χ1) is 25.3. The molecule has 12 nitrogen and oxygen atoms in total. The van der Waals surface area contributed by atoms with Crippen LogP contribution in [-0.2, 0) is 51.1 Å². The molecule has 53 heavy (non-hydrogen) atoms. The summed E-state index contributed by atoms with van der Waals surface area (Å²) in [7, 11) is 2.62. The first-order valence-corrected chi connectivity index (χ1v) is 18.8. The lowest BCUT2D eigenvalue weighted by molar-refractivity contribution is -0.141. The Hall–Kier alpha value is -4.33. The molecule has 2 aliphatic heterocycles. The van der Waals surface area contributed by atoms with Gasteiger partial charge < -0.3 is 29.1 Å². The first kappa shape index (κ1) is 41.4. The van der Waals surface area contributed by atoms with Crippen LogP contribution < -0.4 is 0 Å². The standard InChI is InChI=1S/C38H44Cl2N4O8S/c1-25(45)41-17-21-43(22-18-41)33(47)13-7-27-5-11-31(37(39)29(27)9-15-35(49)51-3)53-32-12-6-28(30(38(32)40)10-16-36(50)52-4)8-14-34(48)44-23-19-42(20-24-44)26(2)46/h5-8,11-14H,9-10,15-24H2,1-4H3/b13-7+,14-8+. The number of benzene rings is 2. The molecule has 0 unspecified atom stereocenters. The zero-order chi connectivity index (χ0) is 38.7. The number of rotatable bonds is 12. The predicted molar refractivity (Wildman–Crippen MR) is 203 cm³/mol. The van der Waals surface area contributed by atoms with Crippen molar-refractivity contribution in [3.05, 3.63) is 68.7 Å². The number of hydrogen-bond acceptors (Lipinski definition) is 9. The van der Waals surface area contributed by atoms with Crippen LogP contribution in [0.3, 0.4) is 0 Å². The molecular weight excluding hydrogens is 743 g/mol. The first-order valence-electron chi connectivity index (χ1n) is 17.2. The van der Waals surface area contributed by atoms with Gasteiger partial charge >= 0.3 is 11.9 Å². The smallest absolute Gasteiger partial charge is 0.305 e. The van der Waals surface area contributed by atoms with Crippen molar-refractivity contribution in [1.82, 2.24) is 19.6 Å². The van der Waals surface area contributed by atoms with E-state index in [1.807, 2.05) is 24.3 Å². The van der Waals surface area contributed by atoms with Gasteiger partial charge in [-0.15, -0.1) is 0 Å². The number of nitrogens with zero attached hydrogens (tertiary/aromatic N) is 4. The molecule has 4 rings (SSSR count). The Kier molecular flexibility index (Phi) is 15.4. The maximum Gasteiger partial charge on any atom is 0.305 e. The van der Waals surface area contributed by atoms with E-state index in [1.165, 1.54) is 52.0 Å². The van der Waals surface area contributed by atoms with Crippen molar-refractivity contribution < 1.29 is 38.2 Å². The Balaban J connectivity index is 1.59. The van der Waals surface area contributed by atoms with Gasteiger partial charge in [-0.25, -0.2) is 0 Å². The monoisotopic (exact) mass is 786 g/mol. The molecule has 2 aromatic carbocycles. The maximum absolute atomic E-state index is 13.0. The van der Waals surface area contributed by atoms with Crippen LogP contribution >= 0.6 is 35.0 Å². The van der Waals surface area contributed by atoms with Gasteiger partial charge in [0.05, 0.1) is 24.3 Å². The van der Waals surface area contributed by atoms with Crippen molar-refractivity contribution >= 4 is 82.7 Å². The number of methoxy groups -OCH3 is 2. The highest BCUT2D eigenvalue weighted by molar-refractivity contribution is 7.99. The zero-order valence-corrected chi connectivity index (χ0v) is 32.7. The summed E-state index contributed by atoms with van der Waals surface area (Å²) in [6, 6.07) is 7.27. The Labute approximate surface area is 324 Å². The second kappa shape index (κ2) is 19.7. The summed E-state index contributed by atoms with van der Waals surface area (Å²) >= 11 is 15.3. The number of carbonyl (C=O) groups excluding carboxylic acids is 6. The van der Waals surface area contributed by atoms with Crippen molar-refractivity contribution in [2.24, 2.45) is 0 Å². The molecule has 0 atom stereocenters. The van der Waals surface area contributed by atoms with Crippen LogP contribution in [0.15, 0.2) is 46.2 Å². The van der Waals surface area contributed by atoms with Gasteiger partial charge in [0, 0.05) is 101 Å². The fourth-order valence-corrected chi connectivity index (χ4v) is 7.70. The highest BCUT2D eigenvalue weighted by atomic mass is 35.5. The summed E-state index contributed by atoms with van der Waals surface area (Å²) in [6.45, 7) is 6.64. The van der Waals surface area contributed by atoms with Gasteiger partial charge in [-0.05, 0) is 59.4 Å². The number of ether oxygens (including phenoxy) is 2. The lowest BCUT2D eigenvalue weighted by Crippen LogP contribution is -2.49. The van der Waals surface area contributed by atoms with Crippen molar-refractivity contribution in [2.75, 3.05) is 66.6 Å². The van der Waals surface area contributed by atoms with Crippen LogP contribution in [0.25, 0.3) is 12.2 Å². The third-order valence-corrected chi connectivity index (χ3v) is 11.4. The minimum atomic E-state index is -0.410. The minimum Gasteiger partial charge on any atom is -0.469 e. The SMILES string of the molecule is COC(=O)CCc1c(/C=C/C(=O)N2CCN(C(C)=O)CC2)ccc(Sc2ccc(/C=C/C(=O)N3CCN(C(C)=O)CC3)c(CCC(=O)OC)c2Cl)c1Cl. The second-order valence-electron chi connectivity index (χ2n) is 12.5. The van der Waals surface area contributed by atoms with E-state index >= 15 is 0 Å². The minimum absolute atomic E-state index is 0.0216. The second-order valence-corrected chi connectivity index (χ2v) is 14.3. The zero-order valence-electron chi connectivity index (χ0n) is 30.3. The molecule has 284 valence electrons. The number of hydrogen-bond donors (Lipinski definition) is 0. The largest absolute Gasteiger partial charge is 0.469 e. The molecule has 2 aromatic rings. The van der Waals surface area contributed by atoms with Gasteiger partial charge in [0.25, 0.3) is 0 Å². The van der Waals surface area contributed by atoms with E-state index in [4.69, 9.17) is 32.7 Å². The Bertz CT molecular complexity index is 1660. The van der Waals surface area contributed by atoms with E-state index in [-0.39, 0.29) is 49.3 Å². The third kappa shape index (κ3) is 11.3. The van der Waals surface area contributed by atoms with Gasteiger partial charge in [-0.1, -0.05) is 47.1 Å². The molecule has 2 heterocycles. The number of esters is 2. The molecule has 0 saturated carbocycles. The number of amides is 4. The summed E-state index contributed by atoms with van der Waals surface area (Å²) in [4.78, 5) is 81.7. The van der Waals surface area contributed by atoms with Crippen LogP contribution in [-0.4, -0.2) is 122 Å². The van der Waals surface area contributed by atoms with Gasteiger partial charge in [-0.3, -0.25) is 28.8 Å².